The maximum absolute atomic E-state index is 11.6. The van der Waals surface area contributed by atoms with Gasteiger partial charge in [0.2, 0.25) is 10.0 Å². The van der Waals surface area contributed by atoms with Crippen LogP contribution in [0.15, 0.2) is 10.3 Å². The van der Waals surface area contributed by atoms with Gasteiger partial charge >= 0.3 is 5.97 Å². The van der Waals surface area contributed by atoms with Crippen LogP contribution in [0.2, 0.25) is 0 Å². The van der Waals surface area contributed by atoms with Crippen molar-refractivity contribution >= 4 is 27.3 Å². The van der Waals surface area contributed by atoms with Gasteiger partial charge in [0.1, 0.15) is 4.90 Å². The van der Waals surface area contributed by atoms with Gasteiger partial charge in [-0.25, -0.2) is 18.4 Å². The standard InChI is InChI=1S/C10H15NO4S2/c1-3-5-8-9(17(11,13)14)7(6-16-8)10(12)15-4-2/h6H,3-5H2,1-2H3,(H2,11,13,14). The van der Waals surface area contributed by atoms with Crippen molar-refractivity contribution in [2.75, 3.05) is 6.61 Å². The summed E-state index contributed by atoms with van der Waals surface area (Å²) in [5.41, 5.74) is 0.0443. The molecular weight excluding hydrogens is 262 g/mol. The lowest BCUT2D eigenvalue weighted by Gasteiger charge is -2.04. The van der Waals surface area contributed by atoms with Gasteiger partial charge in [-0.3, -0.25) is 0 Å². The van der Waals surface area contributed by atoms with Crippen LogP contribution in [0.25, 0.3) is 0 Å². The van der Waals surface area contributed by atoms with Crippen LogP contribution in [0.4, 0.5) is 0 Å². The Hall–Kier alpha value is -0.920. The Morgan fingerprint density at radius 2 is 2.12 bits per heavy atom. The van der Waals surface area contributed by atoms with E-state index in [9.17, 15) is 13.2 Å². The molecule has 0 aliphatic rings. The van der Waals surface area contributed by atoms with E-state index in [2.05, 4.69) is 0 Å². The van der Waals surface area contributed by atoms with E-state index < -0.39 is 16.0 Å². The molecule has 96 valence electrons. The summed E-state index contributed by atoms with van der Waals surface area (Å²) < 4.78 is 27.8. The normalized spacial score (nSPS) is 11.5. The lowest BCUT2D eigenvalue weighted by Crippen LogP contribution is -2.17. The highest BCUT2D eigenvalue weighted by atomic mass is 32.2. The Balaban J connectivity index is 3.28. The quantitative estimate of drug-likeness (QED) is 0.827. The van der Waals surface area contributed by atoms with Crippen molar-refractivity contribution in [2.24, 2.45) is 5.14 Å². The van der Waals surface area contributed by atoms with E-state index in [1.54, 1.807) is 6.92 Å². The number of aryl methyl sites for hydroxylation is 1. The average molecular weight is 277 g/mol. The Morgan fingerprint density at radius 1 is 1.47 bits per heavy atom. The minimum Gasteiger partial charge on any atom is -0.462 e. The van der Waals surface area contributed by atoms with Crippen molar-refractivity contribution in [3.05, 3.63) is 15.8 Å². The number of esters is 1. The lowest BCUT2D eigenvalue weighted by atomic mass is 10.2. The van der Waals surface area contributed by atoms with E-state index in [0.29, 0.717) is 11.3 Å². The van der Waals surface area contributed by atoms with Crippen molar-refractivity contribution in [2.45, 2.75) is 31.6 Å². The molecule has 0 bridgehead atoms. The van der Waals surface area contributed by atoms with Crippen LogP contribution < -0.4 is 5.14 Å². The van der Waals surface area contributed by atoms with Crippen LogP contribution in [0, 0.1) is 0 Å². The van der Waals surface area contributed by atoms with E-state index in [4.69, 9.17) is 9.88 Å². The van der Waals surface area contributed by atoms with Gasteiger partial charge in [0.15, 0.2) is 0 Å². The summed E-state index contributed by atoms with van der Waals surface area (Å²) >= 11 is 1.22. The minimum atomic E-state index is -3.90. The van der Waals surface area contributed by atoms with Crippen LogP contribution in [-0.2, 0) is 21.2 Å². The Labute approximate surface area is 105 Å². The molecule has 0 aliphatic carbocycles. The summed E-state index contributed by atoms with van der Waals surface area (Å²) in [5.74, 6) is -0.643. The largest absolute Gasteiger partial charge is 0.462 e. The summed E-state index contributed by atoms with van der Waals surface area (Å²) in [5, 5.41) is 6.63. The van der Waals surface area contributed by atoms with E-state index in [0.717, 1.165) is 6.42 Å². The first-order valence-electron chi connectivity index (χ1n) is 5.22. The van der Waals surface area contributed by atoms with Gasteiger partial charge in [0.05, 0.1) is 12.2 Å². The second-order valence-electron chi connectivity index (χ2n) is 3.42. The molecule has 0 spiro atoms. The molecule has 0 atom stereocenters. The van der Waals surface area contributed by atoms with Gasteiger partial charge in [0.25, 0.3) is 0 Å². The zero-order valence-corrected chi connectivity index (χ0v) is 11.4. The second-order valence-corrected chi connectivity index (χ2v) is 5.88. The smallest absolute Gasteiger partial charge is 0.340 e. The number of carbonyl (C=O) groups excluding carboxylic acids is 1. The topological polar surface area (TPSA) is 86.5 Å². The van der Waals surface area contributed by atoms with Crippen molar-refractivity contribution in [1.82, 2.24) is 0 Å². The molecule has 0 saturated heterocycles. The van der Waals surface area contributed by atoms with Crippen molar-refractivity contribution in [3.63, 3.8) is 0 Å². The Kier molecular flexibility index (Phi) is 4.67. The number of hydrogen-bond acceptors (Lipinski definition) is 5. The number of rotatable bonds is 5. The van der Waals surface area contributed by atoms with Crippen molar-refractivity contribution in [3.8, 4) is 0 Å². The second kappa shape index (κ2) is 5.61. The Morgan fingerprint density at radius 3 is 2.59 bits per heavy atom. The lowest BCUT2D eigenvalue weighted by molar-refractivity contribution is 0.0522. The molecule has 0 saturated carbocycles. The van der Waals surface area contributed by atoms with Crippen LogP contribution in [0.1, 0.15) is 35.5 Å². The fourth-order valence-corrected chi connectivity index (χ4v) is 3.90. The number of carbonyl (C=O) groups is 1. The molecular formula is C10H15NO4S2. The number of sulfonamides is 1. The predicted molar refractivity (Wildman–Crippen MR) is 65.6 cm³/mol. The van der Waals surface area contributed by atoms with E-state index in [1.807, 2.05) is 6.92 Å². The first-order chi connectivity index (χ1) is 7.91. The highest BCUT2D eigenvalue weighted by Crippen LogP contribution is 2.28. The van der Waals surface area contributed by atoms with Gasteiger partial charge in [-0.05, 0) is 13.3 Å². The molecule has 1 aromatic rings. The summed E-state index contributed by atoms with van der Waals surface area (Å²) in [6.07, 6.45) is 1.36. The maximum Gasteiger partial charge on any atom is 0.340 e. The van der Waals surface area contributed by atoms with Gasteiger partial charge in [0, 0.05) is 10.3 Å². The highest BCUT2D eigenvalue weighted by Gasteiger charge is 2.25. The molecule has 2 N–H and O–H groups in total. The molecule has 1 heterocycles. The molecule has 1 rings (SSSR count). The van der Waals surface area contributed by atoms with Crippen LogP contribution in [0.3, 0.4) is 0 Å². The third-order valence-electron chi connectivity index (χ3n) is 2.07. The molecule has 17 heavy (non-hydrogen) atoms. The third kappa shape index (κ3) is 3.27. The van der Waals surface area contributed by atoms with Gasteiger partial charge in [-0.2, -0.15) is 0 Å². The van der Waals surface area contributed by atoms with E-state index >= 15 is 0 Å². The summed E-state index contributed by atoms with van der Waals surface area (Å²) in [4.78, 5) is 12.1. The summed E-state index contributed by atoms with van der Waals surface area (Å²) in [6.45, 7) is 3.78. The summed E-state index contributed by atoms with van der Waals surface area (Å²) in [6, 6.07) is 0. The minimum absolute atomic E-state index is 0.0443. The monoisotopic (exact) mass is 277 g/mol. The number of primary sulfonamides is 1. The first-order valence-corrected chi connectivity index (χ1v) is 7.64. The fraction of sp³-hybridized carbons (Fsp3) is 0.500. The molecule has 7 heteroatoms. The van der Waals surface area contributed by atoms with E-state index in [1.165, 1.54) is 16.7 Å². The van der Waals surface area contributed by atoms with Crippen molar-refractivity contribution in [1.29, 1.82) is 0 Å². The molecule has 5 nitrogen and oxygen atoms in total. The van der Waals surface area contributed by atoms with Crippen molar-refractivity contribution < 1.29 is 17.9 Å². The molecule has 0 aliphatic heterocycles. The van der Waals surface area contributed by atoms with Gasteiger partial charge < -0.3 is 4.74 Å². The summed E-state index contributed by atoms with van der Waals surface area (Å²) in [7, 11) is -3.90. The predicted octanol–water partition coefficient (Wildman–Crippen LogP) is 1.52. The van der Waals surface area contributed by atoms with Gasteiger partial charge in [-0.1, -0.05) is 13.3 Å². The van der Waals surface area contributed by atoms with Crippen LogP contribution in [0.5, 0.6) is 0 Å². The maximum atomic E-state index is 11.6. The number of thiophene rings is 1. The molecule has 0 fully saturated rings. The third-order valence-corrected chi connectivity index (χ3v) is 4.28. The molecule has 0 radical (unpaired) electrons. The van der Waals surface area contributed by atoms with Crippen LogP contribution >= 0.6 is 11.3 Å². The zero-order chi connectivity index (χ0) is 13.1. The number of hydrogen-bond donors (Lipinski definition) is 1. The SMILES string of the molecule is CCCc1scc(C(=O)OCC)c1S(N)(=O)=O. The number of nitrogens with two attached hydrogens (primary N) is 1. The van der Waals surface area contributed by atoms with Gasteiger partial charge in [-0.15, -0.1) is 11.3 Å². The zero-order valence-electron chi connectivity index (χ0n) is 9.73. The highest BCUT2D eigenvalue weighted by molar-refractivity contribution is 7.89. The van der Waals surface area contributed by atoms with E-state index in [-0.39, 0.29) is 17.1 Å². The first kappa shape index (κ1) is 14.1. The van der Waals surface area contributed by atoms with Crippen LogP contribution in [-0.4, -0.2) is 21.0 Å². The fourth-order valence-electron chi connectivity index (χ4n) is 1.45. The number of ether oxygens (including phenoxy) is 1. The Bertz CT molecular complexity index is 504. The molecule has 1 aromatic heterocycles. The molecule has 0 unspecified atom stereocenters. The average Bonchev–Trinajstić information content (AvgIpc) is 2.62. The molecule has 0 amide bonds. The molecule has 0 aromatic carbocycles.